The first-order valence-corrected chi connectivity index (χ1v) is 11.5. The number of amides is 2. The number of aryl methyl sites for hydroxylation is 1. The molecule has 1 unspecified atom stereocenters. The van der Waals surface area contributed by atoms with Crippen LogP contribution in [-0.2, 0) is 20.8 Å². The Kier molecular flexibility index (Phi) is 6.05. The summed E-state index contributed by atoms with van der Waals surface area (Å²) in [6, 6.07) is 6.31. The van der Waals surface area contributed by atoms with E-state index in [-0.39, 0.29) is 27.4 Å². The molecule has 2 aromatic carbocycles. The summed E-state index contributed by atoms with van der Waals surface area (Å²) in [5.41, 5.74) is -0.909. The molecule has 0 saturated heterocycles. The van der Waals surface area contributed by atoms with E-state index >= 15 is 0 Å². The van der Waals surface area contributed by atoms with Crippen molar-refractivity contribution < 1.29 is 36.3 Å². The van der Waals surface area contributed by atoms with Crippen LogP contribution < -0.4 is 4.90 Å². The summed E-state index contributed by atoms with van der Waals surface area (Å²) in [7, 11) is -2.52. The number of carboxylic acid groups (broad SMARTS) is 1. The van der Waals surface area contributed by atoms with E-state index in [1.807, 2.05) is 0 Å². The highest BCUT2D eigenvalue weighted by Crippen LogP contribution is 2.41. The van der Waals surface area contributed by atoms with Gasteiger partial charge in [0.2, 0.25) is 0 Å². The van der Waals surface area contributed by atoms with E-state index in [1.165, 1.54) is 32.2 Å². The molecule has 0 fully saturated rings. The SMILES string of the molecule is CC1=C(C(=O)O)C(c2ccc(C)cc2S(C)(=O)=O)N(C)C(=O)N1c1cccc(C(F)(F)F)c1. The molecule has 1 atom stereocenters. The molecule has 7 nitrogen and oxygen atoms in total. The van der Waals surface area contributed by atoms with Crippen LogP contribution in [-0.4, -0.2) is 43.7 Å². The lowest BCUT2D eigenvalue weighted by molar-refractivity contribution is -0.137. The van der Waals surface area contributed by atoms with Crippen molar-refractivity contribution in [3.63, 3.8) is 0 Å². The number of allylic oxidation sites excluding steroid dienone is 1. The molecular weight excluding hydrogens is 461 g/mol. The smallest absolute Gasteiger partial charge is 0.416 e. The Labute approximate surface area is 188 Å². The zero-order valence-electron chi connectivity index (χ0n) is 18.1. The minimum Gasteiger partial charge on any atom is -0.478 e. The first kappa shape index (κ1) is 24.3. The zero-order valence-corrected chi connectivity index (χ0v) is 19.0. The number of sulfone groups is 1. The highest BCUT2D eigenvalue weighted by atomic mass is 32.2. The Morgan fingerprint density at radius 2 is 1.73 bits per heavy atom. The summed E-state index contributed by atoms with van der Waals surface area (Å²) in [5.74, 6) is -1.44. The average molecular weight is 482 g/mol. The van der Waals surface area contributed by atoms with Crippen molar-refractivity contribution in [2.24, 2.45) is 0 Å². The number of rotatable bonds is 4. The zero-order chi connectivity index (χ0) is 24.9. The van der Waals surface area contributed by atoms with Crippen molar-refractivity contribution in [3.05, 3.63) is 70.4 Å². The second-order valence-corrected chi connectivity index (χ2v) is 9.78. The van der Waals surface area contributed by atoms with Crippen LogP contribution in [0.5, 0.6) is 0 Å². The molecule has 0 bridgehead atoms. The number of benzene rings is 2. The van der Waals surface area contributed by atoms with Crippen molar-refractivity contribution in [1.29, 1.82) is 0 Å². The summed E-state index contributed by atoms with van der Waals surface area (Å²) in [5, 5.41) is 9.99. The minimum atomic E-state index is -4.66. The van der Waals surface area contributed by atoms with Gasteiger partial charge >= 0.3 is 18.2 Å². The van der Waals surface area contributed by atoms with Crippen LogP contribution in [0.1, 0.15) is 29.7 Å². The molecule has 0 saturated carbocycles. The van der Waals surface area contributed by atoms with Gasteiger partial charge in [0.25, 0.3) is 0 Å². The Balaban J connectivity index is 2.29. The molecule has 0 spiro atoms. The number of nitrogens with zero attached hydrogens (tertiary/aromatic N) is 2. The molecule has 1 aliphatic rings. The third-order valence-corrected chi connectivity index (χ3v) is 6.56. The van der Waals surface area contributed by atoms with Gasteiger partial charge in [0.05, 0.1) is 27.8 Å². The van der Waals surface area contributed by atoms with E-state index in [0.29, 0.717) is 5.56 Å². The molecule has 176 valence electrons. The number of halogens is 3. The number of likely N-dealkylation sites (N-methyl/N-ethyl adjacent to an activating group) is 1. The fourth-order valence-electron chi connectivity index (χ4n) is 3.87. The third-order valence-electron chi connectivity index (χ3n) is 5.40. The normalized spacial score (nSPS) is 17.5. The molecule has 0 aromatic heterocycles. The van der Waals surface area contributed by atoms with Gasteiger partial charge in [-0.3, -0.25) is 4.90 Å². The monoisotopic (exact) mass is 482 g/mol. The number of carbonyl (C=O) groups is 2. The summed E-state index contributed by atoms with van der Waals surface area (Å²) in [4.78, 5) is 27.3. The number of aliphatic carboxylic acids is 1. The van der Waals surface area contributed by atoms with Crippen molar-refractivity contribution in [2.75, 3.05) is 18.2 Å². The van der Waals surface area contributed by atoms with Crippen molar-refractivity contribution in [2.45, 2.75) is 31.0 Å². The Morgan fingerprint density at radius 1 is 1.09 bits per heavy atom. The number of carbonyl (C=O) groups excluding carboxylic acids is 1. The van der Waals surface area contributed by atoms with Crippen molar-refractivity contribution in [1.82, 2.24) is 4.90 Å². The van der Waals surface area contributed by atoms with Crippen LogP contribution in [0.15, 0.2) is 58.6 Å². The van der Waals surface area contributed by atoms with Crippen LogP contribution in [0.25, 0.3) is 0 Å². The molecule has 1 N–H and O–H groups in total. The average Bonchev–Trinajstić information content (AvgIpc) is 2.69. The highest BCUT2D eigenvalue weighted by molar-refractivity contribution is 7.90. The Hall–Kier alpha value is -3.34. The first-order chi connectivity index (χ1) is 15.1. The lowest BCUT2D eigenvalue weighted by Crippen LogP contribution is -2.49. The lowest BCUT2D eigenvalue weighted by atomic mass is 9.92. The maximum atomic E-state index is 13.3. The number of carboxylic acids is 1. The van der Waals surface area contributed by atoms with E-state index < -0.39 is 39.6 Å². The number of urea groups is 1. The maximum Gasteiger partial charge on any atom is 0.416 e. The number of hydrogen-bond donors (Lipinski definition) is 1. The number of hydrogen-bond acceptors (Lipinski definition) is 4. The van der Waals surface area contributed by atoms with Gasteiger partial charge in [-0.25, -0.2) is 18.0 Å². The van der Waals surface area contributed by atoms with E-state index in [2.05, 4.69) is 0 Å². The molecule has 0 aliphatic carbocycles. The molecule has 1 heterocycles. The second kappa shape index (κ2) is 8.22. The maximum absolute atomic E-state index is 13.3. The van der Waals surface area contributed by atoms with E-state index in [0.717, 1.165) is 34.3 Å². The second-order valence-electron chi connectivity index (χ2n) is 7.80. The lowest BCUT2D eigenvalue weighted by Gasteiger charge is -2.41. The Morgan fingerprint density at radius 3 is 2.27 bits per heavy atom. The molecule has 1 aliphatic heterocycles. The predicted octanol–water partition coefficient (Wildman–Crippen LogP) is 4.39. The van der Waals surface area contributed by atoms with Crippen LogP contribution in [0.3, 0.4) is 0 Å². The molecule has 3 rings (SSSR count). The summed E-state index contributed by atoms with van der Waals surface area (Å²) in [6.45, 7) is 2.97. The fraction of sp³-hybridized carbons (Fsp3) is 0.273. The standard InChI is InChI=1S/C22H21F3N2O5S/c1-12-8-9-16(17(10-12)33(4,31)32)19-18(20(28)29)13(2)27(21(30)26(19)3)15-7-5-6-14(11-15)22(23,24)25/h5-11,19H,1-4H3,(H,28,29). The molecule has 11 heteroatoms. The number of anilines is 1. The number of alkyl halides is 3. The van der Waals surface area contributed by atoms with Gasteiger partial charge in [-0.15, -0.1) is 0 Å². The van der Waals surface area contributed by atoms with Crippen molar-refractivity contribution in [3.8, 4) is 0 Å². The topological polar surface area (TPSA) is 95.0 Å². The van der Waals surface area contributed by atoms with E-state index in [9.17, 15) is 36.3 Å². The van der Waals surface area contributed by atoms with Gasteiger partial charge in [-0.1, -0.05) is 18.2 Å². The molecule has 33 heavy (non-hydrogen) atoms. The Bertz CT molecular complexity index is 1290. The highest BCUT2D eigenvalue weighted by Gasteiger charge is 2.42. The van der Waals surface area contributed by atoms with Gasteiger partial charge in [0, 0.05) is 19.0 Å². The molecule has 2 amide bonds. The quantitative estimate of drug-likeness (QED) is 0.698. The minimum absolute atomic E-state index is 0.0828. The fourth-order valence-corrected chi connectivity index (χ4v) is 4.88. The van der Waals surface area contributed by atoms with Gasteiger partial charge in [-0.05, 0) is 49.2 Å². The van der Waals surface area contributed by atoms with Crippen LogP contribution >= 0.6 is 0 Å². The van der Waals surface area contributed by atoms with Gasteiger partial charge < -0.3 is 10.0 Å². The van der Waals surface area contributed by atoms with E-state index in [4.69, 9.17) is 0 Å². The van der Waals surface area contributed by atoms with Crippen LogP contribution in [0, 0.1) is 6.92 Å². The largest absolute Gasteiger partial charge is 0.478 e. The summed E-state index contributed by atoms with van der Waals surface area (Å²) >= 11 is 0. The van der Waals surface area contributed by atoms with Gasteiger partial charge in [-0.2, -0.15) is 13.2 Å². The van der Waals surface area contributed by atoms with Crippen molar-refractivity contribution >= 4 is 27.5 Å². The molecular formula is C22H21F3N2O5S. The molecule has 2 aromatic rings. The third kappa shape index (κ3) is 4.45. The van der Waals surface area contributed by atoms with E-state index in [1.54, 1.807) is 13.0 Å². The van der Waals surface area contributed by atoms with Crippen LogP contribution in [0.4, 0.5) is 23.7 Å². The van der Waals surface area contributed by atoms with Gasteiger partial charge in [0.15, 0.2) is 9.84 Å². The first-order valence-electron chi connectivity index (χ1n) is 9.63. The van der Waals surface area contributed by atoms with Gasteiger partial charge in [0.1, 0.15) is 0 Å². The molecule has 0 radical (unpaired) electrons. The summed E-state index contributed by atoms with van der Waals surface area (Å²) < 4.78 is 64.5. The predicted molar refractivity (Wildman–Crippen MR) is 114 cm³/mol. The summed E-state index contributed by atoms with van der Waals surface area (Å²) in [6.07, 6.45) is -3.69. The van der Waals surface area contributed by atoms with Crippen LogP contribution in [0.2, 0.25) is 0 Å².